The highest BCUT2D eigenvalue weighted by molar-refractivity contribution is 5.88. The molecule has 1 amide bonds. The number of methoxy groups -OCH3 is 1. The van der Waals surface area contributed by atoms with E-state index in [4.69, 9.17) is 4.74 Å². The number of rotatable bonds is 10. The second-order valence-corrected chi connectivity index (χ2v) is 9.01. The maximum absolute atomic E-state index is 12.8. The van der Waals surface area contributed by atoms with Gasteiger partial charge in [-0.1, -0.05) is 19.9 Å². The van der Waals surface area contributed by atoms with Crippen LogP contribution in [0, 0.1) is 5.92 Å². The fourth-order valence-electron chi connectivity index (χ4n) is 3.87. The summed E-state index contributed by atoms with van der Waals surface area (Å²) in [7, 11) is 1.56. The highest BCUT2D eigenvalue weighted by Gasteiger charge is 2.37. The van der Waals surface area contributed by atoms with Crippen LogP contribution >= 0.6 is 0 Å². The Kier molecular flexibility index (Phi) is 7.08. The van der Waals surface area contributed by atoms with Crippen molar-refractivity contribution in [1.29, 1.82) is 0 Å². The molecule has 0 atom stereocenters. The molecule has 4 rings (SSSR count). The third kappa shape index (κ3) is 5.78. The number of carbonyl (C=O) groups is 1. The first-order valence-corrected chi connectivity index (χ1v) is 11.5. The van der Waals surface area contributed by atoms with Gasteiger partial charge in [0.1, 0.15) is 12.0 Å². The van der Waals surface area contributed by atoms with Gasteiger partial charge < -0.3 is 24.8 Å². The van der Waals surface area contributed by atoms with Crippen molar-refractivity contribution in [2.45, 2.75) is 38.8 Å². The topological polar surface area (TPSA) is 103 Å². The van der Waals surface area contributed by atoms with Crippen molar-refractivity contribution in [2.75, 3.05) is 38.2 Å². The average Bonchev–Trinajstić information content (AvgIpc) is 3.59. The quantitative estimate of drug-likeness (QED) is 0.530. The van der Waals surface area contributed by atoms with Gasteiger partial charge >= 0.3 is 0 Å². The Morgan fingerprint density at radius 1 is 1.33 bits per heavy atom. The Labute approximate surface area is 193 Å². The number of amides is 1. The first-order valence-electron chi connectivity index (χ1n) is 11.5. The lowest BCUT2D eigenvalue weighted by Gasteiger charge is -2.46. The van der Waals surface area contributed by atoms with Crippen LogP contribution < -0.4 is 20.5 Å². The summed E-state index contributed by atoms with van der Waals surface area (Å²) in [6, 6.07) is 4.12. The van der Waals surface area contributed by atoms with Crippen molar-refractivity contribution in [3.63, 3.8) is 0 Å². The number of anilines is 1. The monoisotopic (exact) mass is 452 g/mol. The standard InChI is InChI=1S/C24H32N6O3/c1-16(2)25-8-4-5-23(31)29-13-19(14-29)30(12-17-6-7-17)21-9-18(11-26-24(21)32)20-10-22(33-3)28-15-27-20/h4-5,9-11,15-17,19,25H,6-8,12-14H2,1-3H3,(H,26,32). The molecule has 0 radical (unpaired) electrons. The summed E-state index contributed by atoms with van der Waals surface area (Å²) >= 11 is 0. The molecule has 0 aromatic carbocycles. The SMILES string of the molecule is COc1cc(-c2c[nH]c(=O)c(N(CC3CC3)C3CN(C(=O)C=CCNC(C)C)C3)c2)ncn1. The third-order valence-electron chi connectivity index (χ3n) is 6.01. The number of aromatic amines is 1. The van der Waals surface area contributed by atoms with Crippen LogP contribution in [0.2, 0.25) is 0 Å². The predicted molar refractivity (Wildman–Crippen MR) is 127 cm³/mol. The summed E-state index contributed by atoms with van der Waals surface area (Å²) in [5, 5.41) is 3.26. The Bertz CT molecular complexity index is 1060. The van der Waals surface area contributed by atoms with E-state index in [1.54, 1.807) is 25.4 Å². The lowest BCUT2D eigenvalue weighted by molar-refractivity contribution is -0.130. The number of aromatic nitrogens is 3. The summed E-state index contributed by atoms with van der Waals surface area (Å²) in [6.07, 6.45) is 8.96. The summed E-state index contributed by atoms with van der Waals surface area (Å²) in [4.78, 5) is 40.5. The fourth-order valence-corrected chi connectivity index (χ4v) is 3.87. The second-order valence-electron chi connectivity index (χ2n) is 9.01. The zero-order valence-electron chi connectivity index (χ0n) is 19.5. The number of pyridine rings is 1. The van der Waals surface area contributed by atoms with Gasteiger partial charge in [-0.05, 0) is 24.8 Å². The molecule has 1 aliphatic carbocycles. The van der Waals surface area contributed by atoms with Crippen LogP contribution in [-0.2, 0) is 4.79 Å². The maximum atomic E-state index is 12.8. The lowest BCUT2D eigenvalue weighted by Crippen LogP contribution is -2.62. The molecular weight excluding hydrogens is 420 g/mol. The number of ether oxygens (including phenoxy) is 1. The van der Waals surface area contributed by atoms with E-state index in [0.717, 1.165) is 12.1 Å². The lowest BCUT2D eigenvalue weighted by atomic mass is 10.0. The molecule has 0 unspecified atom stereocenters. The van der Waals surface area contributed by atoms with E-state index < -0.39 is 0 Å². The number of H-pyrrole nitrogens is 1. The van der Waals surface area contributed by atoms with Crippen LogP contribution in [0.5, 0.6) is 5.88 Å². The third-order valence-corrected chi connectivity index (χ3v) is 6.01. The molecule has 1 saturated heterocycles. The first-order chi connectivity index (χ1) is 15.9. The van der Waals surface area contributed by atoms with Gasteiger partial charge in [0.25, 0.3) is 5.56 Å². The number of hydrogen-bond donors (Lipinski definition) is 2. The Morgan fingerprint density at radius 3 is 2.82 bits per heavy atom. The minimum atomic E-state index is -0.134. The van der Waals surface area contributed by atoms with Crippen molar-refractivity contribution in [3.05, 3.63) is 47.2 Å². The molecular formula is C24H32N6O3. The molecule has 2 aliphatic rings. The van der Waals surface area contributed by atoms with Gasteiger partial charge in [-0.3, -0.25) is 9.59 Å². The molecule has 2 fully saturated rings. The van der Waals surface area contributed by atoms with Crippen molar-refractivity contribution < 1.29 is 9.53 Å². The second kappa shape index (κ2) is 10.2. The number of hydrogen-bond acceptors (Lipinski definition) is 7. The fraction of sp³-hybridized carbons (Fsp3) is 0.500. The zero-order chi connectivity index (χ0) is 23.4. The van der Waals surface area contributed by atoms with E-state index in [1.165, 1.54) is 19.2 Å². The van der Waals surface area contributed by atoms with Crippen molar-refractivity contribution in [2.24, 2.45) is 5.92 Å². The highest BCUT2D eigenvalue weighted by Crippen LogP contribution is 2.34. The van der Waals surface area contributed by atoms with Gasteiger partial charge in [0.2, 0.25) is 11.8 Å². The van der Waals surface area contributed by atoms with E-state index in [9.17, 15) is 9.59 Å². The van der Waals surface area contributed by atoms with Crippen LogP contribution in [0.3, 0.4) is 0 Å². The van der Waals surface area contributed by atoms with Crippen LogP contribution in [0.1, 0.15) is 26.7 Å². The normalized spacial score (nSPS) is 16.3. The first kappa shape index (κ1) is 23.0. The molecule has 33 heavy (non-hydrogen) atoms. The van der Waals surface area contributed by atoms with Crippen molar-refractivity contribution in [3.8, 4) is 17.1 Å². The predicted octanol–water partition coefficient (Wildman–Crippen LogP) is 1.82. The molecule has 0 bridgehead atoms. The molecule has 176 valence electrons. The van der Waals surface area contributed by atoms with Crippen LogP contribution in [0.4, 0.5) is 5.69 Å². The van der Waals surface area contributed by atoms with E-state index in [1.807, 2.05) is 17.0 Å². The average molecular weight is 453 g/mol. The van der Waals surface area contributed by atoms with Gasteiger partial charge in [-0.15, -0.1) is 0 Å². The van der Waals surface area contributed by atoms with E-state index in [-0.39, 0.29) is 17.5 Å². The van der Waals surface area contributed by atoms with Gasteiger partial charge in [0.05, 0.1) is 18.8 Å². The number of carbonyl (C=O) groups excluding carboxylic acids is 1. The summed E-state index contributed by atoms with van der Waals surface area (Å²) in [5.74, 6) is 1.07. The molecule has 3 heterocycles. The van der Waals surface area contributed by atoms with Crippen molar-refractivity contribution in [1.82, 2.24) is 25.2 Å². The molecule has 2 aromatic heterocycles. The van der Waals surface area contributed by atoms with Crippen LogP contribution in [0.15, 0.2) is 41.6 Å². The Morgan fingerprint density at radius 2 is 2.12 bits per heavy atom. The Balaban J connectivity index is 1.48. The Hall–Kier alpha value is -3.20. The molecule has 9 nitrogen and oxygen atoms in total. The minimum absolute atomic E-state index is 0.0129. The van der Waals surface area contributed by atoms with Gasteiger partial charge in [-0.25, -0.2) is 9.97 Å². The van der Waals surface area contributed by atoms with Gasteiger partial charge in [-0.2, -0.15) is 0 Å². The van der Waals surface area contributed by atoms with Crippen molar-refractivity contribution >= 4 is 11.6 Å². The zero-order valence-corrected chi connectivity index (χ0v) is 19.5. The maximum Gasteiger partial charge on any atom is 0.271 e. The number of nitrogens with one attached hydrogen (secondary N) is 2. The van der Waals surface area contributed by atoms with E-state index in [2.05, 4.69) is 39.0 Å². The summed E-state index contributed by atoms with van der Waals surface area (Å²) < 4.78 is 5.20. The molecule has 9 heteroatoms. The van der Waals surface area contributed by atoms with E-state index >= 15 is 0 Å². The van der Waals surface area contributed by atoms with Crippen LogP contribution in [-0.4, -0.2) is 71.1 Å². The largest absolute Gasteiger partial charge is 0.481 e. The molecule has 1 saturated carbocycles. The van der Waals surface area contributed by atoms with E-state index in [0.29, 0.717) is 48.9 Å². The van der Waals surface area contributed by atoms with Gasteiger partial charge in [0, 0.05) is 56.1 Å². The van der Waals surface area contributed by atoms with Gasteiger partial charge in [0.15, 0.2) is 0 Å². The molecule has 2 N–H and O–H groups in total. The molecule has 0 spiro atoms. The number of likely N-dealkylation sites (tertiary alicyclic amines) is 1. The minimum Gasteiger partial charge on any atom is -0.481 e. The highest BCUT2D eigenvalue weighted by atomic mass is 16.5. The summed E-state index contributed by atoms with van der Waals surface area (Å²) in [6.45, 7) is 6.85. The smallest absolute Gasteiger partial charge is 0.271 e. The summed E-state index contributed by atoms with van der Waals surface area (Å²) in [5.41, 5.74) is 1.95. The molecule has 1 aliphatic heterocycles. The van der Waals surface area contributed by atoms with Crippen LogP contribution in [0.25, 0.3) is 11.3 Å². The molecule has 2 aromatic rings. The number of nitrogens with zero attached hydrogens (tertiary/aromatic N) is 4.